The summed E-state index contributed by atoms with van der Waals surface area (Å²) in [7, 11) is 0. The number of nitrogens with one attached hydrogen (secondary N) is 1. The summed E-state index contributed by atoms with van der Waals surface area (Å²) in [6.07, 6.45) is 0.645. The van der Waals surface area contributed by atoms with Crippen molar-refractivity contribution in [3.63, 3.8) is 0 Å². The number of carbonyl (C=O) groups is 3. The number of amides is 2. The summed E-state index contributed by atoms with van der Waals surface area (Å²) >= 11 is 7.16. The van der Waals surface area contributed by atoms with Gasteiger partial charge in [-0.05, 0) is 61.9 Å². The summed E-state index contributed by atoms with van der Waals surface area (Å²) in [5, 5.41) is 3.67. The quantitative estimate of drug-likeness (QED) is 0.240. The molecule has 1 heterocycles. The number of para-hydroxylation sites is 3. The zero-order valence-corrected chi connectivity index (χ0v) is 21.9. The van der Waals surface area contributed by atoms with Gasteiger partial charge < -0.3 is 14.8 Å². The minimum absolute atomic E-state index is 0.0776. The molecule has 0 fully saturated rings. The topological polar surface area (TPSA) is 84.9 Å². The van der Waals surface area contributed by atoms with Gasteiger partial charge in [0.1, 0.15) is 16.4 Å². The van der Waals surface area contributed by atoms with Crippen LogP contribution in [0.3, 0.4) is 0 Å². The van der Waals surface area contributed by atoms with Crippen LogP contribution in [-0.4, -0.2) is 31.0 Å². The van der Waals surface area contributed by atoms with Gasteiger partial charge in [-0.25, -0.2) is 9.69 Å². The second-order valence-corrected chi connectivity index (χ2v) is 9.43. The van der Waals surface area contributed by atoms with Crippen LogP contribution >= 0.6 is 23.4 Å². The molecule has 0 saturated carbocycles. The lowest BCUT2D eigenvalue weighted by molar-refractivity contribution is -0.120. The maximum atomic E-state index is 13.8. The first-order valence-electron chi connectivity index (χ1n) is 11.8. The highest BCUT2D eigenvalue weighted by Crippen LogP contribution is 2.40. The fourth-order valence-electron chi connectivity index (χ4n) is 3.65. The Morgan fingerprint density at radius 2 is 1.65 bits per heavy atom. The van der Waals surface area contributed by atoms with Crippen LogP contribution < -0.4 is 15.0 Å². The van der Waals surface area contributed by atoms with E-state index in [4.69, 9.17) is 21.1 Å². The number of nitrogens with zero attached hydrogens (tertiary/aromatic N) is 1. The number of anilines is 2. The van der Waals surface area contributed by atoms with Crippen molar-refractivity contribution in [1.29, 1.82) is 0 Å². The van der Waals surface area contributed by atoms with Gasteiger partial charge in [-0.1, -0.05) is 54.6 Å². The standard InChI is InChI=1S/C28H25ClN2O5S/c1-3-17-36-28(34)20-9-5-7-11-22(20)31-26(32)24(30-21-10-6-8-12-23(21)35-4-2)25(27(31)33)37-19-15-13-18(29)14-16-19/h5-16,30H,3-4,17H2,1-2H3. The average molecular weight is 537 g/mol. The molecule has 9 heteroatoms. The van der Waals surface area contributed by atoms with Crippen LogP contribution in [0.2, 0.25) is 5.02 Å². The number of benzene rings is 3. The molecule has 4 rings (SSSR count). The first kappa shape index (κ1) is 26.3. The lowest BCUT2D eigenvalue weighted by Gasteiger charge is -2.18. The SMILES string of the molecule is CCCOC(=O)c1ccccc1N1C(=O)C(Nc2ccccc2OCC)=C(Sc2ccc(Cl)cc2)C1=O. The molecule has 1 aliphatic heterocycles. The molecule has 1 aliphatic rings. The molecular weight excluding hydrogens is 512 g/mol. The summed E-state index contributed by atoms with van der Waals surface area (Å²) < 4.78 is 11.0. The van der Waals surface area contributed by atoms with Gasteiger partial charge in [0.05, 0.1) is 30.2 Å². The Bertz CT molecular complexity index is 1360. The zero-order chi connectivity index (χ0) is 26.4. The molecule has 0 radical (unpaired) electrons. The van der Waals surface area contributed by atoms with Crippen molar-refractivity contribution >= 4 is 52.5 Å². The van der Waals surface area contributed by atoms with E-state index in [9.17, 15) is 14.4 Å². The average Bonchev–Trinajstić information content (AvgIpc) is 3.13. The third kappa shape index (κ3) is 5.81. The molecule has 1 N–H and O–H groups in total. The normalized spacial score (nSPS) is 13.2. The first-order chi connectivity index (χ1) is 17.9. The summed E-state index contributed by atoms with van der Waals surface area (Å²) in [5.41, 5.74) is 0.896. The third-order valence-corrected chi connectivity index (χ3v) is 6.67. The van der Waals surface area contributed by atoms with E-state index in [1.807, 2.05) is 19.9 Å². The minimum Gasteiger partial charge on any atom is -0.492 e. The van der Waals surface area contributed by atoms with E-state index < -0.39 is 17.8 Å². The van der Waals surface area contributed by atoms with Gasteiger partial charge in [-0.2, -0.15) is 0 Å². The molecule has 0 aliphatic carbocycles. The molecule has 3 aromatic rings. The maximum absolute atomic E-state index is 13.8. The number of hydrogen-bond acceptors (Lipinski definition) is 7. The Labute approximate surface area is 224 Å². The lowest BCUT2D eigenvalue weighted by Crippen LogP contribution is -2.33. The molecule has 0 atom stereocenters. The molecule has 0 bridgehead atoms. The van der Waals surface area contributed by atoms with Crippen LogP contribution in [-0.2, 0) is 14.3 Å². The Balaban J connectivity index is 1.77. The van der Waals surface area contributed by atoms with Crippen LogP contribution in [0, 0.1) is 0 Å². The number of thioether (sulfide) groups is 1. The van der Waals surface area contributed by atoms with Gasteiger partial charge in [0.2, 0.25) is 0 Å². The molecule has 0 aromatic heterocycles. The van der Waals surface area contributed by atoms with Crippen molar-refractivity contribution in [3.05, 3.63) is 94.0 Å². The molecule has 0 saturated heterocycles. The predicted molar refractivity (Wildman–Crippen MR) is 145 cm³/mol. The number of carbonyl (C=O) groups excluding carboxylic acids is 3. The monoisotopic (exact) mass is 536 g/mol. The highest BCUT2D eigenvalue weighted by Gasteiger charge is 2.42. The fraction of sp³-hybridized carbons (Fsp3) is 0.179. The number of esters is 1. The molecule has 37 heavy (non-hydrogen) atoms. The highest BCUT2D eigenvalue weighted by molar-refractivity contribution is 8.04. The van der Waals surface area contributed by atoms with Gasteiger partial charge in [-0.3, -0.25) is 9.59 Å². The Morgan fingerprint density at radius 3 is 2.38 bits per heavy atom. The Morgan fingerprint density at radius 1 is 0.946 bits per heavy atom. The molecule has 0 spiro atoms. The second-order valence-electron chi connectivity index (χ2n) is 7.91. The van der Waals surface area contributed by atoms with E-state index >= 15 is 0 Å². The molecular formula is C28H25ClN2O5S. The smallest absolute Gasteiger partial charge is 0.340 e. The van der Waals surface area contributed by atoms with Crippen molar-refractivity contribution in [3.8, 4) is 5.75 Å². The number of halogens is 1. The van der Waals surface area contributed by atoms with Crippen molar-refractivity contribution in [2.24, 2.45) is 0 Å². The van der Waals surface area contributed by atoms with Gasteiger partial charge in [0.25, 0.3) is 11.8 Å². The largest absolute Gasteiger partial charge is 0.492 e. The van der Waals surface area contributed by atoms with E-state index in [0.29, 0.717) is 29.5 Å². The summed E-state index contributed by atoms with van der Waals surface area (Å²) in [6.45, 7) is 4.40. The van der Waals surface area contributed by atoms with Gasteiger partial charge >= 0.3 is 5.97 Å². The van der Waals surface area contributed by atoms with Crippen LogP contribution in [0.25, 0.3) is 0 Å². The van der Waals surface area contributed by atoms with E-state index in [1.165, 1.54) is 6.07 Å². The van der Waals surface area contributed by atoms with Crippen LogP contribution in [0.5, 0.6) is 5.75 Å². The van der Waals surface area contributed by atoms with Gasteiger partial charge in [0.15, 0.2) is 0 Å². The van der Waals surface area contributed by atoms with Crippen molar-refractivity contribution in [2.75, 3.05) is 23.4 Å². The number of hydrogen-bond donors (Lipinski definition) is 1. The van der Waals surface area contributed by atoms with Crippen LogP contribution in [0.1, 0.15) is 30.6 Å². The molecule has 190 valence electrons. The lowest BCUT2D eigenvalue weighted by atomic mass is 10.1. The number of ether oxygens (including phenoxy) is 2. The van der Waals surface area contributed by atoms with Gasteiger partial charge in [-0.15, -0.1) is 0 Å². The molecule has 2 amide bonds. The summed E-state index contributed by atoms with van der Waals surface area (Å²) in [6, 6.07) is 20.5. The van der Waals surface area contributed by atoms with E-state index in [-0.39, 0.29) is 28.5 Å². The van der Waals surface area contributed by atoms with E-state index in [1.54, 1.807) is 60.7 Å². The Kier molecular flexibility index (Phi) is 8.53. The maximum Gasteiger partial charge on any atom is 0.340 e. The zero-order valence-electron chi connectivity index (χ0n) is 20.3. The number of rotatable bonds is 10. The molecule has 7 nitrogen and oxygen atoms in total. The summed E-state index contributed by atoms with van der Waals surface area (Å²) in [4.78, 5) is 42.2. The van der Waals surface area contributed by atoms with Crippen LogP contribution in [0.15, 0.2) is 88.3 Å². The first-order valence-corrected chi connectivity index (χ1v) is 13.0. The number of imide groups is 1. The third-order valence-electron chi connectivity index (χ3n) is 5.32. The predicted octanol–water partition coefficient (Wildman–Crippen LogP) is 6.29. The highest BCUT2D eigenvalue weighted by atomic mass is 35.5. The van der Waals surface area contributed by atoms with Gasteiger partial charge in [0, 0.05) is 9.92 Å². The molecule has 0 unspecified atom stereocenters. The van der Waals surface area contributed by atoms with E-state index in [0.717, 1.165) is 21.6 Å². The minimum atomic E-state index is -0.604. The van der Waals surface area contributed by atoms with Crippen molar-refractivity contribution in [1.82, 2.24) is 0 Å². The second kappa shape index (κ2) is 12.0. The van der Waals surface area contributed by atoms with Crippen molar-refractivity contribution in [2.45, 2.75) is 25.2 Å². The van der Waals surface area contributed by atoms with E-state index in [2.05, 4.69) is 5.32 Å². The summed E-state index contributed by atoms with van der Waals surface area (Å²) in [5.74, 6) is -1.22. The van der Waals surface area contributed by atoms with Crippen LogP contribution in [0.4, 0.5) is 11.4 Å². The fourth-order valence-corrected chi connectivity index (χ4v) is 4.71. The Hall–Kier alpha value is -3.75. The van der Waals surface area contributed by atoms with Crippen molar-refractivity contribution < 1.29 is 23.9 Å². The molecule has 3 aromatic carbocycles.